The number of hydrogen-bond donors (Lipinski definition) is 1. The van der Waals surface area contributed by atoms with Gasteiger partial charge in [0.25, 0.3) is 0 Å². The summed E-state index contributed by atoms with van der Waals surface area (Å²) in [6.07, 6.45) is 6.15. The lowest BCUT2D eigenvalue weighted by Gasteiger charge is -2.34. The zero-order valence-electron chi connectivity index (χ0n) is 16.2. The van der Waals surface area contributed by atoms with Gasteiger partial charge < -0.3 is 14.8 Å². The fraction of sp³-hybridized carbons (Fsp3) is 0.500. The molecule has 144 valence electrons. The number of rotatable bonds is 6. The van der Waals surface area contributed by atoms with Crippen LogP contribution in [0.25, 0.3) is 0 Å². The molecule has 0 saturated heterocycles. The molecular formula is C20H27N5O2. The molecule has 0 unspecified atom stereocenters. The molecule has 1 atom stereocenters. The Kier molecular flexibility index (Phi) is 5.88. The van der Waals surface area contributed by atoms with E-state index in [0.29, 0.717) is 32.0 Å². The number of fused-ring (bicyclic) bond motifs is 1. The lowest BCUT2D eigenvalue weighted by molar-refractivity contribution is -0.135. The minimum atomic E-state index is -0.0744. The Morgan fingerprint density at radius 3 is 2.85 bits per heavy atom. The molecule has 7 nitrogen and oxygen atoms in total. The number of imidazole rings is 1. The molecule has 2 aromatic rings. The van der Waals surface area contributed by atoms with Crippen molar-refractivity contribution in [1.82, 2.24) is 24.8 Å². The van der Waals surface area contributed by atoms with Crippen molar-refractivity contribution < 1.29 is 9.59 Å². The van der Waals surface area contributed by atoms with Crippen molar-refractivity contribution in [2.24, 2.45) is 5.92 Å². The second kappa shape index (κ2) is 8.33. The van der Waals surface area contributed by atoms with Gasteiger partial charge in [-0.3, -0.25) is 14.6 Å². The van der Waals surface area contributed by atoms with Gasteiger partial charge in [-0.15, -0.1) is 0 Å². The van der Waals surface area contributed by atoms with Gasteiger partial charge in [0.15, 0.2) is 0 Å². The van der Waals surface area contributed by atoms with Gasteiger partial charge >= 0.3 is 0 Å². The molecule has 0 spiro atoms. The zero-order valence-corrected chi connectivity index (χ0v) is 16.2. The first-order chi connectivity index (χ1) is 12.9. The molecule has 1 aliphatic rings. The Morgan fingerprint density at radius 1 is 1.33 bits per heavy atom. The summed E-state index contributed by atoms with van der Waals surface area (Å²) in [4.78, 5) is 35.3. The summed E-state index contributed by atoms with van der Waals surface area (Å²) < 4.78 is 2.06. The molecule has 7 heteroatoms. The number of pyridine rings is 1. The number of carbonyl (C=O) groups is 2. The molecule has 2 amide bonds. The summed E-state index contributed by atoms with van der Waals surface area (Å²) in [5, 5.41) is 2.89. The lowest BCUT2D eigenvalue weighted by atomic mass is 10.1. The predicted octanol–water partition coefficient (Wildman–Crippen LogP) is 2.09. The van der Waals surface area contributed by atoms with Crippen molar-refractivity contribution in [3.63, 3.8) is 0 Å². The van der Waals surface area contributed by atoms with Crippen LogP contribution in [0.2, 0.25) is 0 Å². The zero-order chi connectivity index (χ0) is 19.4. The Morgan fingerprint density at radius 2 is 2.15 bits per heavy atom. The topological polar surface area (TPSA) is 80.1 Å². The maximum absolute atomic E-state index is 12.5. The average Bonchev–Trinajstić information content (AvgIpc) is 3.04. The van der Waals surface area contributed by atoms with Gasteiger partial charge in [-0.05, 0) is 24.5 Å². The van der Waals surface area contributed by atoms with E-state index in [1.807, 2.05) is 30.2 Å². The summed E-state index contributed by atoms with van der Waals surface area (Å²) in [6.45, 7) is 7.96. The van der Waals surface area contributed by atoms with Crippen LogP contribution in [0.3, 0.4) is 0 Å². The molecule has 0 aromatic carbocycles. The highest BCUT2D eigenvalue weighted by molar-refractivity contribution is 5.78. The quantitative estimate of drug-likeness (QED) is 0.845. The smallest absolute Gasteiger partial charge is 0.226 e. The van der Waals surface area contributed by atoms with Gasteiger partial charge in [0, 0.05) is 44.6 Å². The Balaban J connectivity index is 1.60. The summed E-state index contributed by atoms with van der Waals surface area (Å²) in [5.41, 5.74) is 1.70. The number of carbonyl (C=O) groups excluding carboxylic acids is 2. The van der Waals surface area contributed by atoms with Gasteiger partial charge in [0.1, 0.15) is 5.82 Å². The van der Waals surface area contributed by atoms with Crippen LogP contribution in [0.4, 0.5) is 0 Å². The van der Waals surface area contributed by atoms with Gasteiger partial charge in [-0.25, -0.2) is 4.98 Å². The summed E-state index contributed by atoms with van der Waals surface area (Å²) in [6, 6.07) is 3.70. The molecule has 1 N–H and O–H groups in total. The van der Waals surface area contributed by atoms with E-state index >= 15 is 0 Å². The highest BCUT2D eigenvalue weighted by Gasteiger charge is 2.29. The van der Waals surface area contributed by atoms with Gasteiger partial charge in [0.05, 0.1) is 18.2 Å². The van der Waals surface area contributed by atoms with E-state index in [2.05, 4.69) is 33.7 Å². The number of hydrogen-bond acceptors (Lipinski definition) is 4. The number of nitrogens with zero attached hydrogens (tertiary/aromatic N) is 4. The van der Waals surface area contributed by atoms with Crippen LogP contribution in [0.15, 0.2) is 30.7 Å². The van der Waals surface area contributed by atoms with Gasteiger partial charge in [-0.2, -0.15) is 0 Å². The fourth-order valence-electron chi connectivity index (χ4n) is 3.37. The first kappa shape index (κ1) is 19.1. The standard InChI is InChI=1S/C20H27N5O2/c1-14(2)9-19(27)25-8-7-24-13-17(23-20(24)15(25)3)10-18(26)22-12-16-5-4-6-21-11-16/h4-6,11,13-15H,7-10,12H2,1-3H3,(H,22,26)/t15-/m1/s1. The van der Waals surface area contributed by atoms with E-state index < -0.39 is 0 Å². The lowest BCUT2D eigenvalue weighted by Crippen LogP contribution is -2.41. The molecule has 0 radical (unpaired) electrons. The van der Waals surface area contributed by atoms with Gasteiger partial charge in [0.2, 0.25) is 11.8 Å². The van der Waals surface area contributed by atoms with Crippen molar-refractivity contribution in [1.29, 1.82) is 0 Å². The molecule has 3 rings (SSSR count). The van der Waals surface area contributed by atoms with Crippen LogP contribution in [0.5, 0.6) is 0 Å². The largest absolute Gasteiger partial charge is 0.352 e. The second-order valence-corrected chi connectivity index (χ2v) is 7.46. The molecule has 0 saturated carbocycles. The van der Waals surface area contributed by atoms with E-state index in [1.165, 1.54) is 0 Å². The maximum Gasteiger partial charge on any atom is 0.226 e. The number of aromatic nitrogens is 3. The summed E-state index contributed by atoms with van der Waals surface area (Å²) in [5.74, 6) is 1.29. The highest BCUT2D eigenvalue weighted by Crippen LogP contribution is 2.26. The second-order valence-electron chi connectivity index (χ2n) is 7.46. The van der Waals surface area contributed by atoms with Crippen molar-refractivity contribution in [2.75, 3.05) is 6.54 Å². The normalized spacial score (nSPS) is 16.3. The van der Waals surface area contributed by atoms with E-state index in [9.17, 15) is 9.59 Å². The van der Waals surface area contributed by atoms with Crippen molar-refractivity contribution in [3.05, 3.63) is 47.8 Å². The van der Waals surface area contributed by atoms with Crippen molar-refractivity contribution in [3.8, 4) is 0 Å². The maximum atomic E-state index is 12.5. The molecule has 0 bridgehead atoms. The molecule has 0 fully saturated rings. The fourth-order valence-corrected chi connectivity index (χ4v) is 3.37. The van der Waals surface area contributed by atoms with Crippen LogP contribution in [-0.4, -0.2) is 37.8 Å². The van der Waals surface area contributed by atoms with E-state index in [4.69, 9.17) is 0 Å². The number of amides is 2. The molecule has 27 heavy (non-hydrogen) atoms. The molecule has 2 aromatic heterocycles. The van der Waals surface area contributed by atoms with Crippen LogP contribution in [0, 0.1) is 5.92 Å². The SMILES string of the molecule is CC(C)CC(=O)N1CCn2cc(CC(=O)NCc3cccnc3)nc2[C@H]1C. The molecular weight excluding hydrogens is 342 g/mol. The minimum Gasteiger partial charge on any atom is -0.352 e. The predicted molar refractivity (Wildman–Crippen MR) is 102 cm³/mol. The van der Waals surface area contributed by atoms with Crippen LogP contribution < -0.4 is 5.32 Å². The Bertz CT molecular complexity index is 800. The first-order valence-electron chi connectivity index (χ1n) is 9.45. The van der Waals surface area contributed by atoms with Crippen LogP contribution in [-0.2, 0) is 29.1 Å². The Hall–Kier alpha value is -2.70. The third-order valence-electron chi connectivity index (χ3n) is 4.74. The average molecular weight is 369 g/mol. The van der Waals surface area contributed by atoms with Gasteiger partial charge in [-0.1, -0.05) is 19.9 Å². The van der Waals surface area contributed by atoms with E-state index in [-0.39, 0.29) is 24.3 Å². The molecule has 3 heterocycles. The summed E-state index contributed by atoms with van der Waals surface area (Å²) >= 11 is 0. The van der Waals surface area contributed by atoms with Crippen molar-refractivity contribution >= 4 is 11.8 Å². The van der Waals surface area contributed by atoms with Crippen LogP contribution in [0.1, 0.15) is 50.3 Å². The molecule has 1 aliphatic heterocycles. The minimum absolute atomic E-state index is 0.0720. The third-order valence-corrected chi connectivity index (χ3v) is 4.74. The highest BCUT2D eigenvalue weighted by atomic mass is 16.2. The monoisotopic (exact) mass is 369 g/mol. The third kappa shape index (κ3) is 4.72. The molecule has 0 aliphatic carbocycles. The van der Waals surface area contributed by atoms with E-state index in [1.54, 1.807) is 12.4 Å². The first-order valence-corrected chi connectivity index (χ1v) is 9.45. The Labute approximate surface area is 159 Å². The van der Waals surface area contributed by atoms with Crippen molar-refractivity contribution in [2.45, 2.75) is 52.7 Å². The van der Waals surface area contributed by atoms with E-state index in [0.717, 1.165) is 17.1 Å². The summed E-state index contributed by atoms with van der Waals surface area (Å²) in [7, 11) is 0. The van der Waals surface area contributed by atoms with Crippen LogP contribution >= 0.6 is 0 Å². The number of nitrogens with one attached hydrogen (secondary N) is 1.